The second kappa shape index (κ2) is 5.32. The van der Waals surface area contributed by atoms with Gasteiger partial charge in [-0.05, 0) is 45.0 Å². The van der Waals surface area contributed by atoms with Crippen molar-refractivity contribution < 1.29 is 14.6 Å². The zero-order valence-electron chi connectivity index (χ0n) is 11.7. The molecule has 6 nitrogen and oxygen atoms in total. The Morgan fingerprint density at radius 3 is 2.55 bits per heavy atom. The van der Waals surface area contributed by atoms with Gasteiger partial charge in [0.15, 0.2) is 5.54 Å². The summed E-state index contributed by atoms with van der Waals surface area (Å²) in [7, 11) is 0. The van der Waals surface area contributed by atoms with Crippen molar-refractivity contribution in [1.82, 2.24) is 15.0 Å². The maximum absolute atomic E-state index is 11.3. The molecule has 0 fully saturated rings. The first-order valence-corrected chi connectivity index (χ1v) is 6.34. The maximum Gasteiger partial charge on any atom is 0.331 e. The van der Waals surface area contributed by atoms with E-state index in [1.807, 2.05) is 31.2 Å². The van der Waals surface area contributed by atoms with Gasteiger partial charge in [0.1, 0.15) is 5.75 Å². The number of hydrogen-bond donors (Lipinski definition) is 1. The van der Waals surface area contributed by atoms with Gasteiger partial charge in [-0.3, -0.25) is 0 Å². The Labute approximate surface area is 117 Å². The second-order valence-electron chi connectivity index (χ2n) is 4.85. The number of benzene rings is 1. The molecule has 0 aliphatic rings. The first kappa shape index (κ1) is 14.0. The molecule has 0 aliphatic heterocycles. The molecule has 0 atom stereocenters. The Hall–Kier alpha value is -2.37. The van der Waals surface area contributed by atoms with Crippen LogP contribution in [-0.4, -0.2) is 32.7 Å². The van der Waals surface area contributed by atoms with Gasteiger partial charge in [-0.15, -0.1) is 5.10 Å². The molecule has 1 aromatic carbocycles. The van der Waals surface area contributed by atoms with Crippen LogP contribution < -0.4 is 4.74 Å². The predicted molar refractivity (Wildman–Crippen MR) is 73.6 cm³/mol. The molecule has 1 aromatic heterocycles. The molecule has 2 aromatic rings. The van der Waals surface area contributed by atoms with Gasteiger partial charge in [0.25, 0.3) is 0 Å². The lowest BCUT2D eigenvalue weighted by molar-refractivity contribution is -0.146. The number of carboxylic acid groups (broad SMARTS) is 1. The van der Waals surface area contributed by atoms with Gasteiger partial charge in [0.05, 0.1) is 18.5 Å². The van der Waals surface area contributed by atoms with Crippen LogP contribution in [0.4, 0.5) is 0 Å². The molecular formula is C14H17N3O3. The highest BCUT2D eigenvalue weighted by Crippen LogP contribution is 2.26. The third-order valence-electron chi connectivity index (χ3n) is 3.06. The monoisotopic (exact) mass is 275 g/mol. The number of ether oxygens (including phenoxy) is 1. The van der Waals surface area contributed by atoms with Crippen LogP contribution in [0.5, 0.6) is 5.75 Å². The fraction of sp³-hybridized carbons (Fsp3) is 0.357. The van der Waals surface area contributed by atoms with Crippen LogP contribution in [0.25, 0.3) is 11.3 Å². The lowest BCUT2D eigenvalue weighted by Gasteiger charge is -2.21. The summed E-state index contributed by atoms with van der Waals surface area (Å²) in [6.07, 6.45) is 1.56. The minimum atomic E-state index is -1.16. The average molecular weight is 275 g/mol. The van der Waals surface area contributed by atoms with E-state index in [4.69, 9.17) is 4.74 Å². The molecule has 20 heavy (non-hydrogen) atoms. The van der Waals surface area contributed by atoms with Gasteiger partial charge >= 0.3 is 5.97 Å². The van der Waals surface area contributed by atoms with E-state index in [1.54, 1.807) is 20.0 Å². The Morgan fingerprint density at radius 1 is 1.35 bits per heavy atom. The summed E-state index contributed by atoms with van der Waals surface area (Å²) in [5, 5.41) is 17.0. The van der Waals surface area contributed by atoms with Crippen molar-refractivity contribution in [2.24, 2.45) is 0 Å². The van der Waals surface area contributed by atoms with Gasteiger partial charge in [-0.1, -0.05) is 5.21 Å². The van der Waals surface area contributed by atoms with Crippen LogP contribution >= 0.6 is 0 Å². The molecule has 0 saturated carbocycles. The molecule has 0 radical (unpaired) electrons. The summed E-state index contributed by atoms with van der Waals surface area (Å²) in [6, 6.07) is 7.39. The van der Waals surface area contributed by atoms with Crippen LogP contribution in [0.15, 0.2) is 30.5 Å². The van der Waals surface area contributed by atoms with Crippen molar-refractivity contribution >= 4 is 5.97 Å². The molecule has 0 amide bonds. The maximum atomic E-state index is 11.3. The summed E-state index contributed by atoms with van der Waals surface area (Å²) in [4.78, 5) is 11.3. The number of carboxylic acids is 1. The van der Waals surface area contributed by atoms with E-state index in [0.29, 0.717) is 12.3 Å². The summed E-state index contributed by atoms with van der Waals surface area (Å²) in [5.74, 6) is -0.192. The smallest absolute Gasteiger partial charge is 0.331 e. The first-order chi connectivity index (χ1) is 9.46. The highest BCUT2D eigenvalue weighted by Gasteiger charge is 2.32. The quantitative estimate of drug-likeness (QED) is 0.904. The van der Waals surface area contributed by atoms with Gasteiger partial charge in [0, 0.05) is 5.56 Å². The number of carbonyl (C=O) groups is 1. The summed E-state index contributed by atoms with van der Waals surface area (Å²) in [5.41, 5.74) is 0.331. The molecule has 0 aliphatic carbocycles. The summed E-state index contributed by atoms with van der Waals surface area (Å²) in [6.45, 7) is 5.69. The molecule has 0 unspecified atom stereocenters. The minimum Gasteiger partial charge on any atom is -0.494 e. The van der Waals surface area contributed by atoms with Crippen molar-refractivity contribution in [1.29, 1.82) is 0 Å². The van der Waals surface area contributed by atoms with E-state index < -0.39 is 11.5 Å². The third kappa shape index (κ3) is 2.49. The molecule has 0 saturated heterocycles. The molecule has 106 valence electrons. The molecule has 1 N–H and O–H groups in total. The molecule has 0 bridgehead atoms. The zero-order chi connectivity index (χ0) is 14.8. The van der Waals surface area contributed by atoms with Crippen LogP contribution in [0, 0.1) is 0 Å². The molecular weight excluding hydrogens is 258 g/mol. The predicted octanol–water partition coefficient (Wildman–Crippen LogP) is 2.16. The van der Waals surface area contributed by atoms with Gasteiger partial charge in [-0.25, -0.2) is 9.48 Å². The van der Waals surface area contributed by atoms with Crippen molar-refractivity contribution in [2.75, 3.05) is 6.61 Å². The van der Waals surface area contributed by atoms with Gasteiger partial charge in [-0.2, -0.15) is 0 Å². The SMILES string of the molecule is CCOc1ccc(-c2cnnn2C(C)(C)C(=O)O)cc1. The summed E-state index contributed by atoms with van der Waals surface area (Å²) < 4.78 is 6.79. The van der Waals surface area contributed by atoms with Crippen LogP contribution in [0.1, 0.15) is 20.8 Å². The Balaban J connectivity index is 2.39. The third-order valence-corrected chi connectivity index (χ3v) is 3.06. The van der Waals surface area contributed by atoms with Crippen LogP contribution in [0.3, 0.4) is 0 Å². The minimum absolute atomic E-state index is 0.602. The number of hydrogen-bond acceptors (Lipinski definition) is 4. The van der Waals surface area contributed by atoms with E-state index in [1.165, 1.54) is 4.68 Å². The number of aliphatic carboxylic acids is 1. The summed E-state index contributed by atoms with van der Waals surface area (Å²) >= 11 is 0. The fourth-order valence-corrected chi connectivity index (χ4v) is 1.82. The lowest BCUT2D eigenvalue weighted by atomic mass is 10.0. The largest absolute Gasteiger partial charge is 0.494 e. The highest BCUT2D eigenvalue weighted by atomic mass is 16.5. The van der Waals surface area contributed by atoms with Crippen molar-refractivity contribution in [3.05, 3.63) is 30.5 Å². The topological polar surface area (TPSA) is 77.2 Å². The lowest BCUT2D eigenvalue weighted by Crippen LogP contribution is -2.37. The van der Waals surface area contributed by atoms with Gasteiger partial charge < -0.3 is 9.84 Å². The van der Waals surface area contributed by atoms with E-state index in [0.717, 1.165) is 11.3 Å². The van der Waals surface area contributed by atoms with Crippen molar-refractivity contribution in [3.8, 4) is 17.0 Å². The Kier molecular flexibility index (Phi) is 3.74. The zero-order valence-corrected chi connectivity index (χ0v) is 11.7. The van der Waals surface area contributed by atoms with Crippen molar-refractivity contribution in [2.45, 2.75) is 26.3 Å². The van der Waals surface area contributed by atoms with E-state index in [2.05, 4.69) is 10.3 Å². The fourth-order valence-electron chi connectivity index (χ4n) is 1.82. The second-order valence-corrected chi connectivity index (χ2v) is 4.85. The van der Waals surface area contributed by atoms with E-state index >= 15 is 0 Å². The van der Waals surface area contributed by atoms with Crippen LogP contribution in [-0.2, 0) is 10.3 Å². The standard InChI is InChI=1S/C14H17N3O3/c1-4-20-11-7-5-10(6-8-11)12-9-15-16-17(12)14(2,3)13(18)19/h5-9H,4H2,1-3H3,(H,18,19). The normalized spacial score (nSPS) is 11.3. The Bertz CT molecular complexity index is 602. The van der Waals surface area contributed by atoms with E-state index in [9.17, 15) is 9.90 Å². The highest BCUT2D eigenvalue weighted by molar-refractivity contribution is 5.77. The number of aromatic nitrogens is 3. The number of nitrogens with zero attached hydrogens (tertiary/aromatic N) is 3. The first-order valence-electron chi connectivity index (χ1n) is 6.34. The number of rotatable bonds is 5. The molecule has 2 rings (SSSR count). The van der Waals surface area contributed by atoms with Gasteiger partial charge in [0.2, 0.25) is 0 Å². The Morgan fingerprint density at radius 2 is 2.00 bits per heavy atom. The molecule has 1 heterocycles. The van der Waals surface area contributed by atoms with E-state index in [-0.39, 0.29) is 0 Å². The van der Waals surface area contributed by atoms with Crippen LogP contribution in [0.2, 0.25) is 0 Å². The average Bonchev–Trinajstić information content (AvgIpc) is 2.89. The van der Waals surface area contributed by atoms with Crippen molar-refractivity contribution in [3.63, 3.8) is 0 Å². The molecule has 6 heteroatoms. The molecule has 0 spiro atoms.